The second-order valence-electron chi connectivity index (χ2n) is 1.65. The lowest BCUT2D eigenvalue weighted by Gasteiger charge is -1.95. The molecular formula is C5H7N3OS2. The molecule has 0 fully saturated rings. The summed E-state index contributed by atoms with van der Waals surface area (Å²) in [5.41, 5.74) is -0.339. The molecule has 0 aliphatic heterocycles. The number of aromatic amines is 1. The van der Waals surface area contributed by atoms with E-state index < -0.39 is 0 Å². The molecule has 4 nitrogen and oxygen atoms in total. The van der Waals surface area contributed by atoms with Crippen LogP contribution < -0.4 is 5.69 Å². The Kier molecular flexibility index (Phi) is 2.95. The van der Waals surface area contributed by atoms with Crippen molar-refractivity contribution in [1.29, 1.82) is 0 Å². The van der Waals surface area contributed by atoms with Gasteiger partial charge in [0.15, 0.2) is 10.3 Å². The van der Waals surface area contributed by atoms with E-state index in [0.717, 1.165) is 0 Å². The predicted octanol–water partition coefficient (Wildman–Crippen LogP) is 0.609. The second kappa shape index (κ2) is 3.77. The molecule has 0 bridgehead atoms. The van der Waals surface area contributed by atoms with Gasteiger partial charge in [-0.2, -0.15) is 9.97 Å². The van der Waals surface area contributed by atoms with Crippen molar-refractivity contribution in [1.82, 2.24) is 15.0 Å². The highest BCUT2D eigenvalue weighted by atomic mass is 32.2. The molecule has 0 aliphatic rings. The van der Waals surface area contributed by atoms with Crippen molar-refractivity contribution >= 4 is 23.5 Å². The average molecular weight is 189 g/mol. The van der Waals surface area contributed by atoms with Crippen LogP contribution in [0.1, 0.15) is 0 Å². The van der Waals surface area contributed by atoms with E-state index in [4.69, 9.17) is 0 Å². The standard InChI is InChI=1S/C5H7N3OS2/c1-10-4-6-3(9)7-5(8-4)11-2/h1-2H3,(H,6,7,8,9). The highest BCUT2D eigenvalue weighted by molar-refractivity contribution is 7.99. The van der Waals surface area contributed by atoms with Crippen LogP contribution in [-0.4, -0.2) is 27.5 Å². The smallest absolute Gasteiger partial charge is 0.285 e. The Hall–Kier alpha value is -0.490. The van der Waals surface area contributed by atoms with E-state index in [-0.39, 0.29) is 5.69 Å². The van der Waals surface area contributed by atoms with Gasteiger partial charge in [-0.15, -0.1) is 0 Å². The number of nitrogens with zero attached hydrogens (tertiary/aromatic N) is 2. The van der Waals surface area contributed by atoms with Gasteiger partial charge in [-0.25, -0.2) is 4.79 Å². The lowest BCUT2D eigenvalue weighted by atomic mass is 11.0. The van der Waals surface area contributed by atoms with E-state index in [9.17, 15) is 4.79 Å². The molecule has 0 aliphatic carbocycles. The highest BCUT2D eigenvalue weighted by Crippen LogP contribution is 2.09. The molecule has 0 amide bonds. The summed E-state index contributed by atoms with van der Waals surface area (Å²) in [7, 11) is 0. The van der Waals surface area contributed by atoms with E-state index in [1.165, 1.54) is 23.5 Å². The molecule has 0 spiro atoms. The van der Waals surface area contributed by atoms with E-state index in [0.29, 0.717) is 10.3 Å². The summed E-state index contributed by atoms with van der Waals surface area (Å²) < 4.78 is 0. The first kappa shape index (κ1) is 8.61. The van der Waals surface area contributed by atoms with Crippen LogP contribution in [0.15, 0.2) is 15.1 Å². The van der Waals surface area contributed by atoms with Crippen LogP contribution >= 0.6 is 23.5 Å². The van der Waals surface area contributed by atoms with Gasteiger partial charge in [-0.1, -0.05) is 23.5 Å². The molecule has 6 heteroatoms. The Bertz CT molecular complexity index is 273. The lowest BCUT2D eigenvalue weighted by Crippen LogP contribution is -2.13. The van der Waals surface area contributed by atoms with Gasteiger partial charge in [0, 0.05) is 0 Å². The van der Waals surface area contributed by atoms with Crippen molar-refractivity contribution in [3.05, 3.63) is 10.5 Å². The van der Waals surface area contributed by atoms with Crippen LogP contribution in [0.2, 0.25) is 0 Å². The van der Waals surface area contributed by atoms with E-state index in [1.54, 1.807) is 0 Å². The summed E-state index contributed by atoms with van der Waals surface area (Å²) in [4.78, 5) is 21.0. The first-order chi connectivity index (χ1) is 5.26. The minimum absolute atomic E-state index is 0.339. The van der Waals surface area contributed by atoms with Crippen molar-refractivity contribution in [2.45, 2.75) is 10.3 Å². The fraction of sp³-hybridized carbons (Fsp3) is 0.400. The monoisotopic (exact) mass is 189 g/mol. The fourth-order valence-corrected chi connectivity index (χ4v) is 1.32. The minimum atomic E-state index is -0.339. The SMILES string of the molecule is CSc1nc(SC)[nH]c(=O)n1. The number of thioether (sulfide) groups is 2. The predicted molar refractivity (Wildman–Crippen MR) is 46.2 cm³/mol. The molecule has 1 aromatic rings. The largest absolute Gasteiger partial charge is 0.349 e. The van der Waals surface area contributed by atoms with Crippen LogP contribution in [0.25, 0.3) is 0 Å². The molecule has 0 saturated carbocycles. The van der Waals surface area contributed by atoms with Crippen molar-refractivity contribution in [2.75, 3.05) is 12.5 Å². The van der Waals surface area contributed by atoms with Gasteiger partial charge in [0.25, 0.3) is 0 Å². The zero-order chi connectivity index (χ0) is 8.27. The molecule has 1 rings (SSSR count). The third-order valence-corrected chi connectivity index (χ3v) is 2.11. The summed E-state index contributed by atoms with van der Waals surface area (Å²) in [5.74, 6) is 0. The number of hydrogen-bond acceptors (Lipinski definition) is 5. The Morgan fingerprint density at radius 1 is 1.27 bits per heavy atom. The molecule has 0 atom stereocenters. The molecule has 0 unspecified atom stereocenters. The zero-order valence-electron chi connectivity index (χ0n) is 6.12. The molecule has 0 saturated heterocycles. The number of hydrogen-bond donors (Lipinski definition) is 1. The first-order valence-corrected chi connectivity index (χ1v) is 5.27. The van der Waals surface area contributed by atoms with Gasteiger partial charge in [-0.3, -0.25) is 4.98 Å². The molecule has 1 heterocycles. The summed E-state index contributed by atoms with van der Waals surface area (Å²) in [6.07, 6.45) is 3.68. The Balaban J connectivity index is 3.12. The van der Waals surface area contributed by atoms with Gasteiger partial charge in [-0.05, 0) is 12.5 Å². The van der Waals surface area contributed by atoms with Crippen LogP contribution in [0.4, 0.5) is 0 Å². The van der Waals surface area contributed by atoms with Crippen LogP contribution in [0, 0.1) is 0 Å². The van der Waals surface area contributed by atoms with Crippen LogP contribution in [0.5, 0.6) is 0 Å². The Morgan fingerprint density at radius 2 is 2.00 bits per heavy atom. The number of rotatable bonds is 2. The molecule has 0 radical (unpaired) electrons. The van der Waals surface area contributed by atoms with E-state index in [2.05, 4.69) is 15.0 Å². The van der Waals surface area contributed by atoms with Crippen LogP contribution in [-0.2, 0) is 0 Å². The van der Waals surface area contributed by atoms with Gasteiger partial charge < -0.3 is 0 Å². The summed E-state index contributed by atoms with van der Waals surface area (Å²) in [5, 5.41) is 1.12. The van der Waals surface area contributed by atoms with Crippen molar-refractivity contribution in [3.63, 3.8) is 0 Å². The van der Waals surface area contributed by atoms with Gasteiger partial charge in [0.1, 0.15) is 0 Å². The van der Waals surface area contributed by atoms with Gasteiger partial charge in [0.05, 0.1) is 0 Å². The van der Waals surface area contributed by atoms with Gasteiger partial charge in [0.2, 0.25) is 0 Å². The van der Waals surface area contributed by atoms with Crippen LogP contribution in [0.3, 0.4) is 0 Å². The Morgan fingerprint density at radius 3 is 2.55 bits per heavy atom. The van der Waals surface area contributed by atoms with Gasteiger partial charge >= 0.3 is 5.69 Å². The maximum absolute atomic E-state index is 10.8. The quantitative estimate of drug-likeness (QED) is 0.691. The first-order valence-electron chi connectivity index (χ1n) is 2.82. The minimum Gasteiger partial charge on any atom is -0.285 e. The number of aromatic nitrogens is 3. The third kappa shape index (κ3) is 2.23. The van der Waals surface area contributed by atoms with E-state index in [1.807, 2.05) is 12.5 Å². The maximum Gasteiger partial charge on any atom is 0.349 e. The lowest BCUT2D eigenvalue weighted by molar-refractivity contribution is 0.769. The topological polar surface area (TPSA) is 58.6 Å². The highest BCUT2D eigenvalue weighted by Gasteiger charge is 1.98. The maximum atomic E-state index is 10.8. The number of H-pyrrole nitrogens is 1. The third-order valence-electron chi connectivity index (χ3n) is 0.984. The summed E-state index contributed by atoms with van der Waals surface area (Å²) >= 11 is 2.75. The zero-order valence-corrected chi connectivity index (χ0v) is 7.75. The summed E-state index contributed by atoms with van der Waals surface area (Å²) in [6.45, 7) is 0. The second-order valence-corrected chi connectivity index (χ2v) is 3.22. The normalized spacial score (nSPS) is 10.0. The molecule has 1 aromatic heterocycles. The van der Waals surface area contributed by atoms with Crippen molar-refractivity contribution in [3.8, 4) is 0 Å². The molecular weight excluding hydrogens is 182 g/mol. The fourth-order valence-electron chi connectivity index (χ4n) is 0.534. The Labute approximate surface area is 72.2 Å². The summed E-state index contributed by atoms with van der Waals surface area (Å²) in [6, 6.07) is 0. The molecule has 11 heavy (non-hydrogen) atoms. The van der Waals surface area contributed by atoms with Crippen molar-refractivity contribution < 1.29 is 0 Å². The van der Waals surface area contributed by atoms with E-state index >= 15 is 0 Å². The molecule has 0 aromatic carbocycles. The average Bonchev–Trinajstić information content (AvgIpc) is 2.03. The number of nitrogens with one attached hydrogen (secondary N) is 1. The molecule has 1 N–H and O–H groups in total. The molecule has 60 valence electrons. The van der Waals surface area contributed by atoms with Crippen molar-refractivity contribution in [2.24, 2.45) is 0 Å².